The molecular formula is C24H24O3Se. The van der Waals surface area contributed by atoms with Crippen molar-refractivity contribution in [3.8, 4) is 0 Å². The molecule has 0 aliphatic carbocycles. The summed E-state index contributed by atoms with van der Waals surface area (Å²) in [5.74, 6) is 0. The Labute approximate surface area is 172 Å². The van der Waals surface area contributed by atoms with E-state index in [1.807, 2.05) is 36.4 Å². The van der Waals surface area contributed by atoms with Gasteiger partial charge in [0, 0.05) is 0 Å². The van der Waals surface area contributed by atoms with E-state index in [1.54, 1.807) is 0 Å². The molecule has 1 saturated heterocycles. The summed E-state index contributed by atoms with van der Waals surface area (Å²) in [6, 6.07) is 31.1. The maximum atomic E-state index is 6.34. The minimum atomic E-state index is -0.334. The molecule has 0 saturated carbocycles. The summed E-state index contributed by atoms with van der Waals surface area (Å²) >= 11 is 0.271. The van der Waals surface area contributed by atoms with Crippen LogP contribution in [0.5, 0.6) is 0 Å². The van der Waals surface area contributed by atoms with E-state index in [2.05, 4.69) is 54.6 Å². The zero-order valence-electron chi connectivity index (χ0n) is 15.6. The van der Waals surface area contributed by atoms with E-state index in [4.69, 9.17) is 14.2 Å². The Morgan fingerprint density at radius 2 is 1.25 bits per heavy atom. The third-order valence-corrected chi connectivity index (χ3v) is 7.26. The van der Waals surface area contributed by atoms with Crippen LogP contribution in [0.25, 0.3) is 0 Å². The standard InChI is InChI=1S/C24H24O3Se/c1-4-10-19(11-5-1)16-25-23-22(28-21-14-8-3-9-15-21)18-27-24(23)26-17-20-12-6-2-7-13-20/h1-15,22-24H,16-18H2/t22-,23-,24+/m1/s1. The molecule has 4 heteroatoms. The van der Waals surface area contributed by atoms with Crippen LogP contribution in [-0.2, 0) is 27.4 Å². The van der Waals surface area contributed by atoms with Crippen LogP contribution < -0.4 is 4.46 Å². The first-order valence-corrected chi connectivity index (χ1v) is 11.4. The van der Waals surface area contributed by atoms with Gasteiger partial charge in [0.25, 0.3) is 0 Å². The van der Waals surface area contributed by atoms with Crippen LogP contribution in [0, 0.1) is 0 Å². The quantitative estimate of drug-likeness (QED) is 0.498. The van der Waals surface area contributed by atoms with E-state index in [1.165, 1.54) is 10.0 Å². The van der Waals surface area contributed by atoms with Gasteiger partial charge in [-0.25, -0.2) is 0 Å². The molecule has 3 aromatic carbocycles. The van der Waals surface area contributed by atoms with Crippen molar-refractivity contribution < 1.29 is 14.2 Å². The molecule has 1 aliphatic heterocycles. The topological polar surface area (TPSA) is 27.7 Å². The molecule has 0 unspecified atom stereocenters. The predicted molar refractivity (Wildman–Crippen MR) is 112 cm³/mol. The third kappa shape index (κ3) is 5.32. The van der Waals surface area contributed by atoms with E-state index in [0.717, 1.165) is 5.56 Å². The summed E-state index contributed by atoms with van der Waals surface area (Å²) in [5.41, 5.74) is 2.31. The molecule has 4 rings (SSSR count). The molecule has 0 radical (unpaired) electrons. The summed E-state index contributed by atoms with van der Waals surface area (Å²) in [6.45, 7) is 1.77. The van der Waals surface area contributed by atoms with Gasteiger partial charge in [-0.15, -0.1) is 0 Å². The fourth-order valence-electron chi connectivity index (χ4n) is 3.18. The molecule has 3 atom stereocenters. The molecule has 0 bridgehead atoms. The van der Waals surface area contributed by atoms with Gasteiger partial charge in [0.05, 0.1) is 0 Å². The van der Waals surface area contributed by atoms with Gasteiger partial charge in [0.15, 0.2) is 0 Å². The second kappa shape index (κ2) is 10.0. The summed E-state index contributed by atoms with van der Waals surface area (Å²) < 4.78 is 19.9. The summed E-state index contributed by atoms with van der Waals surface area (Å²) in [5, 5.41) is 0. The van der Waals surface area contributed by atoms with E-state index < -0.39 is 0 Å². The average molecular weight is 439 g/mol. The van der Waals surface area contributed by atoms with Gasteiger partial charge in [-0.2, -0.15) is 0 Å². The summed E-state index contributed by atoms with van der Waals surface area (Å²) in [7, 11) is 0. The fourth-order valence-corrected chi connectivity index (χ4v) is 5.59. The predicted octanol–water partition coefficient (Wildman–Crippen LogP) is 3.96. The number of benzene rings is 3. The van der Waals surface area contributed by atoms with Crippen molar-refractivity contribution in [2.24, 2.45) is 0 Å². The van der Waals surface area contributed by atoms with Crippen LogP contribution in [0.15, 0.2) is 91.0 Å². The summed E-state index contributed by atoms with van der Waals surface area (Å²) in [4.78, 5) is 0.333. The number of rotatable bonds is 8. The molecule has 0 amide bonds. The molecule has 0 N–H and O–H groups in total. The first kappa shape index (κ1) is 19.4. The Morgan fingerprint density at radius 1 is 0.714 bits per heavy atom. The van der Waals surface area contributed by atoms with Crippen LogP contribution in [0.3, 0.4) is 0 Å². The van der Waals surface area contributed by atoms with Crippen molar-refractivity contribution in [2.75, 3.05) is 6.61 Å². The van der Waals surface area contributed by atoms with E-state index >= 15 is 0 Å². The molecule has 28 heavy (non-hydrogen) atoms. The third-order valence-electron chi connectivity index (χ3n) is 4.63. The Bertz CT molecular complexity index is 826. The Balaban J connectivity index is 1.43. The normalized spacial score (nSPS) is 21.6. The molecule has 3 nitrogen and oxygen atoms in total. The zero-order valence-corrected chi connectivity index (χ0v) is 17.4. The number of hydrogen-bond acceptors (Lipinski definition) is 3. The Kier molecular flexibility index (Phi) is 6.93. The Morgan fingerprint density at radius 3 is 1.86 bits per heavy atom. The average Bonchev–Trinajstić information content (AvgIpc) is 3.14. The number of hydrogen-bond donors (Lipinski definition) is 0. The Hall–Kier alpha value is -1.94. The molecule has 0 spiro atoms. The second-order valence-electron chi connectivity index (χ2n) is 6.73. The van der Waals surface area contributed by atoms with E-state index in [0.29, 0.717) is 24.6 Å². The van der Waals surface area contributed by atoms with Crippen LogP contribution in [0.1, 0.15) is 11.1 Å². The fraction of sp³-hybridized carbons (Fsp3) is 0.250. The SMILES string of the molecule is c1ccc(CO[C@H]2OC[C@@H]([Se]c3ccccc3)[C@H]2OCc2ccccc2)cc1. The van der Waals surface area contributed by atoms with Crippen molar-refractivity contribution in [3.05, 3.63) is 102 Å². The van der Waals surface area contributed by atoms with E-state index in [9.17, 15) is 0 Å². The van der Waals surface area contributed by atoms with Gasteiger partial charge < -0.3 is 0 Å². The number of ether oxygens (including phenoxy) is 3. The van der Waals surface area contributed by atoms with Gasteiger partial charge in [0.2, 0.25) is 0 Å². The van der Waals surface area contributed by atoms with Crippen molar-refractivity contribution in [2.45, 2.75) is 30.4 Å². The zero-order chi connectivity index (χ0) is 19.0. The van der Waals surface area contributed by atoms with E-state index in [-0.39, 0.29) is 27.4 Å². The minimum absolute atomic E-state index is 0.0656. The summed E-state index contributed by atoms with van der Waals surface area (Å²) in [6.07, 6.45) is -0.399. The molecule has 1 aliphatic rings. The molecule has 144 valence electrons. The van der Waals surface area contributed by atoms with Crippen molar-refractivity contribution >= 4 is 19.4 Å². The van der Waals surface area contributed by atoms with Crippen LogP contribution in [0.4, 0.5) is 0 Å². The van der Waals surface area contributed by atoms with Gasteiger partial charge in [-0.1, -0.05) is 0 Å². The van der Waals surface area contributed by atoms with Gasteiger partial charge in [-0.05, 0) is 0 Å². The molecule has 0 aromatic heterocycles. The second-order valence-corrected chi connectivity index (χ2v) is 9.48. The van der Waals surface area contributed by atoms with Gasteiger partial charge in [0.1, 0.15) is 0 Å². The molecule has 1 fully saturated rings. The monoisotopic (exact) mass is 440 g/mol. The molecule has 3 aromatic rings. The molecular weight excluding hydrogens is 415 g/mol. The van der Waals surface area contributed by atoms with Crippen LogP contribution in [0.2, 0.25) is 4.82 Å². The van der Waals surface area contributed by atoms with Gasteiger partial charge >= 0.3 is 173 Å². The van der Waals surface area contributed by atoms with Crippen LogP contribution >= 0.6 is 0 Å². The van der Waals surface area contributed by atoms with Crippen LogP contribution in [-0.4, -0.2) is 34.0 Å². The first-order chi connectivity index (χ1) is 13.9. The van der Waals surface area contributed by atoms with Gasteiger partial charge in [-0.3, -0.25) is 0 Å². The van der Waals surface area contributed by atoms with Crippen molar-refractivity contribution in [1.29, 1.82) is 0 Å². The van der Waals surface area contributed by atoms with Crippen molar-refractivity contribution in [1.82, 2.24) is 0 Å². The van der Waals surface area contributed by atoms with Crippen molar-refractivity contribution in [3.63, 3.8) is 0 Å². The molecule has 1 heterocycles. The maximum absolute atomic E-state index is 6.34. The first-order valence-electron chi connectivity index (χ1n) is 9.53.